The standard InChI is InChI=1S/C15H19BrN2S/c1-3-17-9-13(8-15-10-19-11(2)18-15)12-5-4-6-14(16)7-12/h4-7,10,13,17H,3,8-9H2,1-2H3. The first-order valence-corrected chi connectivity index (χ1v) is 8.23. The molecule has 102 valence electrons. The van der Waals surface area contributed by atoms with E-state index in [0.717, 1.165) is 29.0 Å². The monoisotopic (exact) mass is 338 g/mol. The highest BCUT2D eigenvalue weighted by Crippen LogP contribution is 2.24. The molecule has 0 amide bonds. The maximum Gasteiger partial charge on any atom is 0.0897 e. The van der Waals surface area contributed by atoms with Gasteiger partial charge in [-0.25, -0.2) is 4.98 Å². The van der Waals surface area contributed by atoms with Crippen molar-refractivity contribution in [3.05, 3.63) is 50.4 Å². The summed E-state index contributed by atoms with van der Waals surface area (Å²) in [5.41, 5.74) is 2.56. The Balaban J connectivity index is 2.15. The van der Waals surface area contributed by atoms with E-state index in [1.165, 1.54) is 11.3 Å². The van der Waals surface area contributed by atoms with Gasteiger partial charge in [-0.05, 0) is 37.6 Å². The molecule has 1 heterocycles. The van der Waals surface area contributed by atoms with Crippen LogP contribution in [0.25, 0.3) is 0 Å². The zero-order chi connectivity index (χ0) is 13.7. The van der Waals surface area contributed by atoms with Crippen molar-refractivity contribution in [2.24, 2.45) is 0 Å². The van der Waals surface area contributed by atoms with E-state index in [-0.39, 0.29) is 0 Å². The Hall–Kier alpha value is -0.710. The summed E-state index contributed by atoms with van der Waals surface area (Å²) in [5, 5.41) is 6.77. The average molecular weight is 339 g/mol. The van der Waals surface area contributed by atoms with E-state index < -0.39 is 0 Å². The Morgan fingerprint density at radius 2 is 2.26 bits per heavy atom. The van der Waals surface area contributed by atoms with Crippen LogP contribution in [0.5, 0.6) is 0 Å². The number of rotatable bonds is 6. The predicted molar refractivity (Wildman–Crippen MR) is 86.0 cm³/mol. The highest BCUT2D eigenvalue weighted by atomic mass is 79.9. The van der Waals surface area contributed by atoms with Crippen molar-refractivity contribution in [2.75, 3.05) is 13.1 Å². The van der Waals surface area contributed by atoms with Crippen molar-refractivity contribution < 1.29 is 0 Å². The lowest BCUT2D eigenvalue weighted by Gasteiger charge is -2.17. The van der Waals surface area contributed by atoms with E-state index in [1.54, 1.807) is 11.3 Å². The highest BCUT2D eigenvalue weighted by molar-refractivity contribution is 9.10. The summed E-state index contributed by atoms with van der Waals surface area (Å²) in [4.78, 5) is 4.59. The zero-order valence-electron chi connectivity index (χ0n) is 11.3. The van der Waals surface area contributed by atoms with Crippen LogP contribution < -0.4 is 5.32 Å². The lowest BCUT2D eigenvalue weighted by molar-refractivity contribution is 0.590. The normalized spacial score (nSPS) is 12.6. The second-order valence-corrected chi connectivity index (χ2v) is 6.60. The van der Waals surface area contributed by atoms with Crippen LogP contribution >= 0.6 is 27.3 Å². The van der Waals surface area contributed by atoms with Crippen LogP contribution in [-0.4, -0.2) is 18.1 Å². The van der Waals surface area contributed by atoms with Gasteiger partial charge in [-0.15, -0.1) is 11.3 Å². The Bertz CT molecular complexity index is 524. The fraction of sp³-hybridized carbons (Fsp3) is 0.400. The van der Waals surface area contributed by atoms with Crippen molar-refractivity contribution in [1.82, 2.24) is 10.3 Å². The summed E-state index contributed by atoms with van der Waals surface area (Å²) in [5.74, 6) is 0.471. The van der Waals surface area contributed by atoms with Crippen LogP contribution in [0.15, 0.2) is 34.1 Å². The first-order chi connectivity index (χ1) is 9.19. The van der Waals surface area contributed by atoms with Crippen molar-refractivity contribution in [1.29, 1.82) is 0 Å². The molecule has 0 aliphatic rings. The first-order valence-electron chi connectivity index (χ1n) is 6.56. The fourth-order valence-corrected chi connectivity index (χ4v) is 3.18. The zero-order valence-corrected chi connectivity index (χ0v) is 13.7. The van der Waals surface area contributed by atoms with Crippen molar-refractivity contribution in [2.45, 2.75) is 26.2 Å². The van der Waals surface area contributed by atoms with Crippen molar-refractivity contribution >= 4 is 27.3 Å². The lowest BCUT2D eigenvalue weighted by atomic mass is 9.94. The van der Waals surface area contributed by atoms with E-state index in [1.807, 2.05) is 0 Å². The van der Waals surface area contributed by atoms with Gasteiger partial charge in [0, 0.05) is 22.3 Å². The number of halogens is 1. The van der Waals surface area contributed by atoms with Crippen LogP contribution in [0.4, 0.5) is 0 Å². The third-order valence-electron chi connectivity index (χ3n) is 3.08. The quantitative estimate of drug-likeness (QED) is 0.855. The van der Waals surface area contributed by atoms with E-state index in [4.69, 9.17) is 0 Å². The predicted octanol–water partition coefficient (Wildman–Crippen LogP) is 4.15. The van der Waals surface area contributed by atoms with Gasteiger partial charge in [-0.3, -0.25) is 0 Å². The molecule has 0 aliphatic heterocycles. The summed E-state index contributed by atoms with van der Waals surface area (Å²) in [6, 6.07) is 8.58. The van der Waals surface area contributed by atoms with Gasteiger partial charge < -0.3 is 5.32 Å². The average Bonchev–Trinajstić information content (AvgIpc) is 2.80. The lowest BCUT2D eigenvalue weighted by Crippen LogP contribution is -2.22. The van der Waals surface area contributed by atoms with Crippen LogP contribution in [0.2, 0.25) is 0 Å². The maximum atomic E-state index is 4.59. The third-order valence-corrected chi connectivity index (χ3v) is 4.40. The molecule has 0 spiro atoms. The number of hydrogen-bond donors (Lipinski definition) is 1. The van der Waals surface area contributed by atoms with Crippen LogP contribution in [0.3, 0.4) is 0 Å². The molecule has 1 aromatic heterocycles. The number of thiazole rings is 1. The van der Waals surface area contributed by atoms with E-state index in [0.29, 0.717) is 5.92 Å². The van der Waals surface area contributed by atoms with Gasteiger partial charge in [-0.1, -0.05) is 35.0 Å². The molecule has 4 heteroatoms. The summed E-state index contributed by atoms with van der Waals surface area (Å²) >= 11 is 5.28. The Kier molecular flexibility index (Phi) is 5.55. The molecule has 19 heavy (non-hydrogen) atoms. The van der Waals surface area contributed by atoms with Crippen LogP contribution in [0.1, 0.15) is 29.1 Å². The van der Waals surface area contributed by atoms with Crippen molar-refractivity contribution in [3.8, 4) is 0 Å². The molecule has 2 nitrogen and oxygen atoms in total. The topological polar surface area (TPSA) is 24.9 Å². The molecule has 1 aromatic carbocycles. The molecule has 1 atom stereocenters. The number of nitrogens with one attached hydrogen (secondary N) is 1. The second kappa shape index (κ2) is 7.17. The molecule has 0 aliphatic carbocycles. The molecule has 2 rings (SSSR count). The van der Waals surface area contributed by atoms with Gasteiger partial charge in [0.2, 0.25) is 0 Å². The molecule has 0 saturated heterocycles. The summed E-state index contributed by atoms with van der Waals surface area (Å²) in [7, 11) is 0. The van der Waals surface area contributed by atoms with Crippen LogP contribution in [0, 0.1) is 6.92 Å². The smallest absolute Gasteiger partial charge is 0.0897 e. The summed E-state index contributed by atoms with van der Waals surface area (Å²) in [6.07, 6.45) is 0.994. The molecule has 0 fully saturated rings. The van der Waals surface area contributed by atoms with Gasteiger partial charge in [0.25, 0.3) is 0 Å². The number of likely N-dealkylation sites (N-methyl/N-ethyl adjacent to an activating group) is 1. The number of aryl methyl sites for hydroxylation is 1. The van der Waals surface area contributed by atoms with E-state index >= 15 is 0 Å². The van der Waals surface area contributed by atoms with Crippen LogP contribution in [-0.2, 0) is 6.42 Å². The van der Waals surface area contributed by atoms with E-state index in [9.17, 15) is 0 Å². The van der Waals surface area contributed by atoms with Gasteiger partial charge in [0.1, 0.15) is 0 Å². The highest BCUT2D eigenvalue weighted by Gasteiger charge is 2.14. The van der Waals surface area contributed by atoms with Gasteiger partial charge >= 0.3 is 0 Å². The minimum absolute atomic E-state index is 0.471. The SMILES string of the molecule is CCNCC(Cc1csc(C)n1)c1cccc(Br)c1. The molecular formula is C15H19BrN2S. The second-order valence-electron chi connectivity index (χ2n) is 4.62. The molecule has 0 radical (unpaired) electrons. The van der Waals surface area contributed by atoms with Gasteiger partial charge in [-0.2, -0.15) is 0 Å². The van der Waals surface area contributed by atoms with E-state index in [2.05, 4.69) is 69.7 Å². The number of hydrogen-bond acceptors (Lipinski definition) is 3. The molecule has 2 aromatic rings. The van der Waals surface area contributed by atoms with Crippen molar-refractivity contribution in [3.63, 3.8) is 0 Å². The fourth-order valence-electron chi connectivity index (χ4n) is 2.14. The molecule has 0 saturated carbocycles. The molecule has 0 bridgehead atoms. The molecule has 1 N–H and O–H groups in total. The molecular weight excluding hydrogens is 320 g/mol. The number of benzene rings is 1. The Morgan fingerprint density at radius 3 is 2.89 bits per heavy atom. The summed E-state index contributed by atoms with van der Waals surface area (Å²) < 4.78 is 1.14. The van der Waals surface area contributed by atoms with Gasteiger partial charge in [0.15, 0.2) is 0 Å². The minimum atomic E-state index is 0.471. The summed E-state index contributed by atoms with van der Waals surface area (Å²) in [6.45, 7) is 6.20. The number of nitrogens with zero attached hydrogens (tertiary/aromatic N) is 1. The van der Waals surface area contributed by atoms with Gasteiger partial charge in [0.05, 0.1) is 10.7 Å². The number of aromatic nitrogens is 1. The Labute approximate surface area is 127 Å². The first kappa shape index (κ1) is 14.7. The molecule has 1 unspecified atom stereocenters. The largest absolute Gasteiger partial charge is 0.316 e. The Morgan fingerprint density at radius 1 is 1.42 bits per heavy atom. The third kappa shape index (κ3) is 4.41. The maximum absolute atomic E-state index is 4.59. The minimum Gasteiger partial charge on any atom is -0.316 e.